The Morgan fingerprint density at radius 3 is 2.67 bits per heavy atom. The van der Waals surface area contributed by atoms with Crippen molar-refractivity contribution in [3.05, 3.63) is 21.4 Å². The molecule has 0 spiro atoms. The third-order valence-corrected chi connectivity index (χ3v) is 3.34. The fourth-order valence-electron chi connectivity index (χ4n) is 1.28. The van der Waals surface area contributed by atoms with Gasteiger partial charge in [0.05, 0.1) is 0 Å². The van der Waals surface area contributed by atoms with Crippen LogP contribution in [0.4, 0.5) is 0 Å². The molecule has 0 aliphatic rings. The highest BCUT2D eigenvalue weighted by Gasteiger charge is 2.00. The van der Waals surface area contributed by atoms with E-state index in [1.54, 1.807) is 0 Å². The van der Waals surface area contributed by atoms with E-state index in [9.17, 15) is 4.79 Å². The van der Waals surface area contributed by atoms with Crippen LogP contribution in [0.25, 0.3) is 0 Å². The summed E-state index contributed by atoms with van der Waals surface area (Å²) in [6.07, 6.45) is 0. The van der Waals surface area contributed by atoms with Crippen molar-refractivity contribution in [2.75, 3.05) is 13.1 Å². The smallest absolute Gasteiger partial charge is 0.216 e. The van der Waals surface area contributed by atoms with Crippen molar-refractivity contribution in [1.82, 2.24) is 10.6 Å². The van der Waals surface area contributed by atoms with Crippen LogP contribution in [-0.2, 0) is 11.3 Å². The molecule has 84 valence electrons. The zero-order valence-electron chi connectivity index (χ0n) is 9.52. The lowest BCUT2D eigenvalue weighted by Gasteiger charge is -2.03. The van der Waals surface area contributed by atoms with Gasteiger partial charge in [0.1, 0.15) is 0 Å². The minimum absolute atomic E-state index is 0.0274. The second-order valence-corrected chi connectivity index (χ2v) is 4.95. The van der Waals surface area contributed by atoms with Gasteiger partial charge in [-0.2, -0.15) is 0 Å². The Kier molecular flexibility index (Phi) is 4.78. The van der Waals surface area contributed by atoms with Crippen molar-refractivity contribution in [3.63, 3.8) is 0 Å². The first-order valence-corrected chi connectivity index (χ1v) is 5.92. The number of rotatable bonds is 5. The van der Waals surface area contributed by atoms with Crippen LogP contribution in [0.3, 0.4) is 0 Å². The number of hydrogen-bond donors (Lipinski definition) is 2. The number of hydrogen-bond acceptors (Lipinski definition) is 3. The highest BCUT2D eigenvalue weighted by molar-refractivity contribution is 7.12. The fraction of sp³-hybridized carbons (Fsp3) is 0.545. The fourth-order valence-corrected chi connectivity index (χ4v) is 2.30. The molecule has 0 saturated carbocycles. The molecule has 0 aromatic carbocycles. The highest BCUT2D eigenvalue weighted by Crippen LogP contribution is 2.19. The van der Waals surface area contributed by atoms with E-state index in [-0.39, 0.29) is 5.91 Å². The zero-order chi connectivity index (χ0) is 11.3. The first-order chi connectivity index (χ1) is 7.09. The number of thiophene rings is 1. The van der Waals surface area contributed by atoms with Crippen LogP contribution < -0.4 is 10.6 Å². The Morgan fingerprint density at radius 2 is 2.13 bits per heavy atom. The van der Waals surface area contributed by atoms with Gasteiger partial charge >= 0.3 is 0 Å². The number of aryl methyl sites for hydroxylation is 2. The summed E-state index contributed by atoms with van der Waals surface area (Å²) in [6.45, 7) is 8.20. The minimum Gasteiger partial charge on any atom is -0.355 e. The van der Waals surface area contributed by atoms with Crippen LogP contribution in [0.15, 0.2) is 6.07 Å². The monoisotopic (exact) mass is 226 g/mol. The van der Waals surface area contributed by atoms with E-state index < -0.39 is 0 Å². The third-order valence-electron chi connectivity index (χ3n) is 2.19. The maximum atomic E-state index is 10.6. The van der Waals surface area contributed by atoms with E-state index in [2.05, 4.69) is 30.5 Å². The predicted molar refractivity (Wildman–Crippen MR) is 64.2 cm³/mol. The Hall–Kier alpha value is -0.870. The number of amides is 1. The summed E-state index contributed by atoms with van der Waals surface area (Å²) < 4.78 is 0. The summed E-state index contributed by atoms with van der Waals surface area (Å²) >= 11 is 1.83. The molecule has 3 nitrogen and oxygen atoms in total. The molecular weight excluding hydrogens is 208 g/mol. The van der Waals surface area contributed by atoms with Crippen LogP contribution in [-0.4, -0.2) is 19.0 Å². The molecule has 0 radical (unpaired) electrons. The topological polar surface area (TPSA) is 41.1 Å². The number of carbonyl (C=O) groups excluding carboxylic acids is 1. The highest BCUT2D eigenvalue weighted by atomic mass is 32.1. The van der Waals surface area contributed by atoms with Crippen molar-refractivity contribution in [2.24, 2.45) is 0 Å². The molecule has 0 fully saturated rings. The van der Waals surface area contributed by atoms with Crippen molar-refractivity contribution in [3.8, 4) is 0 Å². The lowest BCUT2D eigenvalue weighted by molar-refractivity contribution is -0.118. The Morgan fingerprint density at radius 1 is 1.40 bits per heavy atom. The van der Waals surface area contributed by atoms with Gasteiger partial charge in [-0.05, 0) is 25.5 Å². The van der Waals surface area contributed by atoms with Gasteiger partial charge in [0, 0.05) is 36.3 Å². The van der Waals surface area contributed by atoms with Crippen molar-refractivity contribution in [1.29, 1.82) is 0 Å². The molecule has 0 aliphatic carbocycles. The normalized spacial score (nSPS) is 10.3. The van der Waals surface area contributed by atoms with Gasteiger partial charge in [0.25, 0.3) is 0 Å². The molecular formula is C11H18N2OS. The zero-order valence-corrected chi connectivity index (χ0v) is 10.3. The Bertz CT molecular complexity index is 314. The largest absolute Gasteiger partial charge is 0.355 e. The molecule has 1 amide bonds. The minimum atomic E-state index is 0.0274. The van der Waals surface area contributed by atoms with Crippen LogP contribution in [0.5, 0.6) is 0 Å². The van der Waals surface area contributed by atoms with Gasteiger partial charge < -0.3 is 10.6 Å². The molecule has 0 unspecified atom stereocenters. The maximum Gasteiger partial charge on any atom is 0.216 e. The first kappa shape index (κ1) is 12.2. The average molecular weight is 226 g/mol. The Labute approximate surface area is 94.9 Å². The molecule has 0 atom stereocenters. The molecule has 4 heteroatoms. The van der Waals surface area contributed by atoms with Gasteiger partial charge in [-0.3, -0.25) is 4.79 Å². The van der Waals surface area contributed by atoms with E-state index in [1.807, 2.05) is 11.3 Å². The van der Waals surface area contributed by atoms with Crippen molar-refractivity contribution < 1.29 is 4.79 Å². The second kappa shape index (κ2) is 5.88. The van der Waals surface area contributed by atoms with Crippen molar-refractivity contribution >= 4 is 17.2 Å². The molecule has 0 aliphatic heterocycles. The molecule has 2 N–H and O–H groups in total. The van der Waals surface area contributed by atoms with Crippen LogP contribution in [0.1, 0.15) is 22.2 Å². The summed E-state index contributed by atoms with van der Waals surface area (Å²) in [7, 11) is 0. The van der Waals surface area contributed by atoms with E-state index in [0.29, 0.717) is 6.54 Å². The first-order valence-electron chi connectivity index (χ1n) is 5.10. The molecule has 1 aromatic heterocycles. The van der Waals surface area contributed by atoms with Crippen molar-refractivity contribution in [2.45, 2.75) is 27.3 Å². The summed E-state index contributed by atoms with van der Waals surface area (Å²) in [5.41, 5.74) is 1.36. The molecule has 1 heterocycles. The molecule has 1 aromatic rings. The average Bonchev–Trinajstić information content (AvgIpc) is 2.45. The second-order valence-electron chi connectivity index (χ2n) is 3.61. The van der Waals surface area contributed by atoms with Crippen LogP contribution in [0.2, 0.25) is 0 Å². The summed E-state index contributed by atoms with van der Waals surface area (Å²) in [4.78, 5) is 13.3. The molecule has 0 saturated heterocycles. The number of carbonyl (C=O) groups is 1. The van der Waals surface area contributed by atoms with Gasteiger partial charge in [-0.15, -0.1) is 11.3 Å². The third kappa shape index (κ3) is 4.44. The standard InChI is InChI=1S/C11H18N2OS/c1-8-6-11(15-9(8)2)7-12-4-5-13-10(3)14/h6,12H,4-5,7H2,1-3H3,(H,13,14). The SMILES string of the molecule is CC(=O)NCCNCc1cc(C)c(C)s1. The van der Waals surface area contributed by atoms with E-state index >= 15 is 0 Å². The molecule has 0 bridgehead atoms. The van der Waals surface area contributed by atoms with E-state index in [0.717, 1.165) is 13.1 Å². The van der Waals surface area contributed by atoms with E-state index in [1.165, 1.54) is 22.2 Å². The lowest BCUT2D eigenvalue weighted by atomic mass is 10.3. The summed E-state index contributed by atoms with van der Waals surface area (Å²) in [5, 5.41) is 6.04. The van der Waals surface area contributed by atoms with Gasteiger partial charge in [-0.1, -0.05) is 0 Å². The van der Waals surface area contributed by atoms with Gasteiger partial charge in [0.2, 0.25) is 5.91 Å². The van der Waals surface area contributed by atoms with E-state index in [4.69, 9.17) is 0 Å². The molecule has 15 heavy (non-hydrogen) atoms. The molecule has 1 rings (SSSR count). The van der Waals surface area contributed by atoms with Gasteiger partial charge in [0.15, 0.2) is 0 Å². The lowest BCUT2D eigenvalue weighted by Crippen LogP contribution is -2.29. The van der Waals surface area contributed by atoms with Crippen LogP contribution >= 0.6 is 11.3 Å². The summed E-state index contributed by atoms with van der Waals surface area (Å²) in [5.74, 6) is 0.0274. The van der Waals surface area contributed by atoms with Crippen LogP contribution in [0, 0.1) is 13.8 Å². The Balaban J connectivity index is 2.18. The predicted octanol–water partition coefficient (Wildman–Crippen LogP) is 1.59. The maximum absolute atomic E-state index is 10.6. The number of nitrogens with one attached hydrogen (secondary N) is 2. The quantitative estimate of drug-likeness (QED) is 0.749. The van der Waals surface area contributed by atoms with Gasteiger partial charge in [-0.25, -0.2) is 0 Å². The summed E-state index contributed by atoms with van der Waals surface area (Å²) in [6, 6.07) is 2.21.